The van der Waals surface area contributed by atoms with Crippen LogP contribution >= 0.6 is 0 Å². The second kappa shape index (κ2) is 10.3. The van der Waals surface area contributed by atoms with Gasteiger partial charge in [0, 0.05) is 31.4 Å². The molecule has 2 aliphatic heterocycles. The molecule has 0 radical (unpaired) electrons. The molecule has 2 aromatic rings. The summed E-state index contributed by atoms with van der Waals surface area (Å²) in [5.74, 6) is -1.72. The summed E-state index contributed by atoms with van der Waals surface area (Å²) in [7, 11) is 0. The maximum absolute atomic E-state index is 13.9. The fraction of sp³-hybridized carbons (Fsp3) is 0.440. The van der Waals surface area contributed by atoms with Gasteiger partial charge in [-0.15, -0.1) is 0 Å². The summed E-state index contributed by atoms with van der Waals surface area (Å²) in [5, 5.41) is 0. The summed E-state index contributed by atoms with van der Waals surface area (Å²) in [4.78, 5) is 30.6. The number of likely N-dealkylation sites (tertiary alicyclic amines) is 1. The summed E-state index contributed by atoms with van der Waals surface area (Å²) >= 11 is 0. The number of hydrogen-bond donors (Lipinski definition) is 0. The number of carbonyl (C=O) groups excluding carboxylic acids is 2. The van der Waals surface area contributed by atoms with Gasteiger partial charge in [0.15, 0.2) is 0 Å². The predicted octanol–water partition coefficient (Wildman–Crippen LogP) is 3.71. The molecule has 2 aliphatic rings. The van der Waals surface area contributed by atoms with E-state index in [0.29, 0.717) is 18.3 Å². The zero-order valence-electron chi connectivity index (χ0n) is 18.8. The van der Waals surface area contributed by atoms with E-state index in [1.54, 1.807) is 4.90 Å². The molecule has 2 fully saturated rings. The predicted molar refractivity (Wildman–Crippen MR) is 121 cm³/mol. The van der Waals surface area contributed by atoms with Gasteiger partial charge in [-0.3, -0.25) is 9.59 Å². The van der Waals surface area contributed by atoms with Crippen molar-refractivity contribution in [3.05, 3.63) is 59.7 Å². The average molecular weight is 458 g/mol. The minimum absolute atomic E-state index is 0.192. The fourth-order valence-corrected chi connectivity index (χ4v) is 4.46. The van der Waals surface area contributed by atoms with Crippen molar-refractivity contribution in [2.45, 2.75) is 32.2 Å². The molecule has 2 aromatic carbocycles. The lowest BCUT2D eigenvalue weighted by atomic mass is 10.1. The van der Waals surface area contributed by atoms with Gasteiger partial charge in [-0.05, 0) is 75.2 Å². The molecular formula is C25H29F2N3O3. The molecule has 1 atom stereocenters. The van der Waals surface area contributed by atoms with Crippen LogP contribution in [0.5, 0.6) is 5.75 Å². The zero-order valence-corrected chi connectivity index (χ0v) is 18.8. The molecule has 0 bridgehead atoms. The van der Waals surface area contributed by atoms with Crippen LogP contribution in [0.1, 0.15) is 36.5 Å². The summed E-state index contributed by atoms with van der Waals surface area (Å²) < 4.78 is 33.2. The van der Waals surface area contributed by atoms with Gasteiger partial charge >= 0.3 is 0 Å². The summed E-state index contributed by atoms with van der Waals surface area (Å²) in [6.07, 6.45) is 3.50. The van der Waals surface area contributed by atoms with Gasteiger partial charge in [-0.25, -0.2) is 8.78 Å². The van der Waals surface area contributed by atoms with E-state index >= 15 is 0 Å². The third kappa shape index (κ3) is 5.50. The van der Waals surface area contributed by atoms with E-state index in [1.165, 1.54) is 24.3 Å². The molecule has 0 spiro atoms. The Kier molecular flexibility index (Phi) is 7.23. The molecular weight excluding hydrogens is 428 g/mol. The molecule has 6 nitrogen and oxygen atoms in total. The molecule has 2 heterocycles. The van der Waals surface area contributed by atoms with E-state index in [-0.39, 0.29) is 31.1 Å². The van der Waals surface area contributed by atoms with Crippen LogP contribution in [-0.2, 0) is 4.79 Å². The van der Waals surface area contributed by atoms with Gasteiger partial charge in [-0.1, -0.05) is 0 Å². The number of anilines is 1. The van der Waals surface area contributed by atoms with Gasteiger partial charge in [0.1, 0.15) is 23.9 Å². The highest BCUT2D eigenvalue weighted by atomic mass is 19.1. The van der Waals surface area contributed by atoms with Crippen molar-refractivity contribution in [1.82, 2.24) is 9.80 Å². The summed E-state index contributed by atoms with van der Waals surface area (Å²) in [6, 6.07) is 10.7. The lowest BCUT2D eigenvalue weighted by Gasteiger charge is -2.34. The number of amides is 2. The maximum Gasteiger partial charge on any atom is 0.257 e. The van der Waals surface area contributed by atoms with Crippen LogP contribution in [-0.4, -0.2) is 67.0 Å². The van der Waals surface area contributed by atoms with Gasteiger partial charge < -0.3 is 19.4 Å². The first-order chi connectivity index (χ1) is 15.9. The first-order valence-electron chi connectivity index (χ1n) is 11.4. The SMILES string of the molecule is CC1CCCN1CCCOc1ccc(N2CCN(C(=O)c3cc(F)ccc3F)CC2=O)cc1. The number of carbonyl (C=O) groups is 2. The number of piperazine rings is 1. The van der Waals surface area contributed by atoms with Crippen molar-refractivity contribution in [2.75, 3.05) is 44.2 Å². The van der Waals surface area contributed by atoms with Gasteiger partial charge in [0.2, 0.25) is 5.91 Å². The van der Waals surface area contributed by atoms with Gasteiger partial charge in [0.25, 0.3) is 5.91 Å². The highest BCUT2D eigenvalue weighted by molar-refractivity contribution is 6.01. The van der Waals surface area contributed by atoms with Crippen LogP contribution < -0.4 is 9.64 Å². The smallest absolute Gasteiger partial charge is 0.257 e. The number of nitrogens with zero attached hydrogens (tertiary/aromatic N) is 3. The van der Waals surface area contributed by atoms with E-state index in [9.17, 15) is 18.4 Å². The molecule has 4 rings (SSSR count). The molecule has 33 heavy (non-hydrogen) atoms. The molecule has 1 unspecified atom stereocenters. The third-order valence-corrected chi connectivity index (χ3v) is 6.36. The number of hydrogen-bond acceptors (Lipinski definition) is 4. The Balaban J connectivity index is 1.28. The van der Waals surface area contributed by atoms with Crippen LogP contribution in [0.25, 0.3) is 0 Å². The van der Waals surface area contributed by atoms with Crippen molar-refractivity contribution >= 4 is 17.5 Å². The highest BCUT2D eigenvalue weighted by Crippen LogP contribution is 2.23. The van der Waals surface area contributed by atoms with Gasteiger partial charge in [0.05, 0.1) is 12.2 Å². The lowest BCUT2D eigenvalue weighted by molar-refractivity contribution is -0.120. The van der Waals surface area contributed by atoms with Crippen molar-refractivity contribution in [3.8, 4) is 5.75 Å². The minimum atomic E-state index is -0.804. The third-order valence-electron chi connectivity index (χ3n) is 6.36. The largest absolute Gasteiger partial charge is 0.494 e. The normalized spacial score (nSPS) is 19.2. The molecule has 2 saturated heterocycles. The molecule has 8 heteroatoms. The first-order valence-corrected chi connectivity index (χ1v) is 11.4. The van der Waals surface area contributed by atoms with E-state index in [1.807, 2.05) is 24.3 Å². The van der Waals surface area contributed by atoms with Crippen LogP contribution in [0.3, 0.4) is 0 Å². The average Bonchev–Trinajstić information content (AvgIpc) is 3.23. The van der Waals surface area contributed by atoms with E-state index < -0.39 is 17.5 Å². The topological polar surface area (TPSA) is 53.1 Å². The van der Waals surface area contributed by atoms with Crippen LogP contribution in [0.15, 0.2) is 42.5 Å². The van der Waals surface area contributed by atoms with Crippen molar-refractivity contribution in [1.29, 1.82) is 0 Å². The van der Waals surface area contributed by atoms with Crippen LogP contribution in [0.2, 0.25) is 0 Å². The van der Waals surface area contributed by atoms with Gasteiger partial charge in [-0.2, -0.15) is 0 Å². The Morgan fingerprint density at radius 1 is 1.09 bits per heavy atom. The highest BCUT2D eigenvalue weighted by Gasteiger charge is 2.30. The Morgan fingerprint density at radius 2 is 1.88 bits per heavy atom. The van der Waals surface area contributed by atoms with Crippen LogP contribution in [0, 0.1) is 11.6 Å². The molecule has 0 aliphatic carbocycles. The number of ether oxygens (including phenoxy) is 1. The minimum Gasteiger partial charge on any atom is -0.494 e. The second-order valence-corrected chi connectivity index (χ2v) is 8.62. The lowest BCUT2D eigenvalue weighted by Crippen LogP contribution is -2.52. The summed E-state index contributed by atoms with van der Waals surface area (Å²) in [5.41, 5.74) is 0.346. The quantitative estimate of drug-likeness (QED) is 0.595. The van der Waals surface area contributed by atoms with E-state index in [0.717, 1.165) is 36.9 Å². The molecule has 176 valence electrons. The van der Waals surface area contributed by atoms with Crippen LogP contribution in [0.4, 0.5) is 14.5 Å². The molecule has 2 amide bonds. The maximum atomic E-state index is 13.9. The molecule has 0 aromatic heterocycles. The monoisotopic (exact) mass is 457 g/mol. The fourth-order valence-electron chi connectivity index (χ4n) is 4.46. The van der Waals surface area contributed by atoms with Crippen molar-refractivity contribution < 1.29 is 23.1 Å². The Morgan fingerprint density at radius 3 is 2.58 bits per heavy atom. The summed E-state index contributed by atoms with van der Waals surface area (Å²) in [6.45, 7) is 5.42. The van der Waals surface area contributed by atoms with Crippen molar-refractivity contribution in [2.24, 2.45) is 0 Å². The molecule has 0 N–H and O–H groups in total. The first kappa shape index (κ1) is 23.2. The van der Waals surface area contributed by atoms with E-state index in [2.05, 4.69) is 11.8 Å². The molecule has 0 saturated carbocycles. The Hall–Kier alpha value is -3.00. The second-order valence-electron chi connectivity index (χ2n) is 8.62. The Labute approximate surface area is 192 Å². The number of benzene rings is 2. The number of halogens is 2. The Bertz CT molecular complexity index is 999. The number of rotatable bonds is 7. The zero-order chi connectivity index (χ0) is 23.4. The van der Waals surface area contributed by atoms with E-state index in [4.69, 9.17) is 4.74 Å². The standard InChI is InChI=1S/C25H29F2N3O3/c1-18-4-2-11-28(18)12-3-15-33-21-8-6-20(7-9-21)30-14-13-29(17-24(30)31)25(32)22-16-19(26)5-10-23(22)27/h5-10,16,18H,2-4,11-15,17H2,1H3. The van der Waals surface area contributed by atoms with Crippen molar-refractivity contribution in [3.63, 3.8) is 0 Å².